The minimum absolute atomic E-state index is 0.0974. The second-order valence-corrected chi connectivity index (χ2v) is 11.0. The van der Waals surface area contributed by atoms with Gasteiger partial charge < -0.3 is 15.0 Å². The highest BCUT2D eigenvalue weighted by molar-refractivity contribution is 5.80. The van der Waals surface area contributed by atoms with Crippen LogP contribution in [0.3, 0.4) is 0 Å². The lowest BCUT2D eigenvalue weighted by molar-refractivity contribution is 0.0510. The third-order valence-electron chi connectivity index (χ3n) is 6.42. The van der Waals surface area contributed by atoms with Gasteiger partial charge in [0.1, 0.15) is 11.4 Å². The first-order chi connectivity index (χ1) is 19.3. The molecule has 0 bridgehead atoms. The van der Waals surface area contributed by atoms with Gasteiger partial charge in [0.05, 0.1) is 18.6 Å². The summed E-state index contributed by atoms with van der Waals surface area (Å²) < 4.78 is 9.52. The van der Waals surface area contributed by atoms with E-state index in [1.54, 1.807) is 46.4 Å². The molecular formula is C29H36N8O4. The molecular weight excluding hydrogens is 524 g/mol. The zero-order valence-corrected chi connectivity index (χ0v) is 24.8. The Morgan fingerprint density at radius 3 is 2.54 bits per heavy atom. The van der Waals surface area contributed by atoms with E-state index in [0.29, 0.717) is 18.3 Å². The molecule has 4 rings (SSSR count). The number of nitrogens with one attached hydrogen (secondary N) is 1. The number of amides is 1. The van der Waals surface area contributed by atoms with Gasteiger partial charge in [-0.2, -0.15) is 4.98 Å². The summed E-state index contributed by atoms with van der Waals surface area (Å²) in [6, 6.07) is 7.28. The minimum Gasteiger partial charge on any atom is -0.444 e. The Bertz CT molecular complexity index is 1800. The summed E-state index contributed by atoms with van der Waals surface area (Å²) in [5.41, 5.74) is 0.310. The standard InChI is InChI=1S/C29H36N8O4/c1-9-10-15-36-23-24(33-26(36)34(7)16-18(2)30-27(39)41-29(4,5)6)35(8)28(40)37(25(23)38)17-22-31-19(3)20-13-11-12-14-21(20)32-22/h11-14,18H,15-17H2,1-8H3,(H,30,39)/t18-/m0/s1. The van der Waals surface area contributed by atoms with Gasteiger partial charge in [0, 0.05) is 37.8 Å². The van der Waals surface area contributed by atoms with Crippen molar-refractivity contribution in [2.45, 2.75) is 66.3 Å². The number of carbonyl (C=O) groups is 1. The summed E-state index contributed by atoms with van der Waals surface area (Å²) in [6.07, 6.45) is -0.528. The number of aryl methyl sites for hydroxylation is 2. The molecule has 0 fully saturated rings. The number of carbonyl (C=O) groups excluding carboxylic acids is 1. The monoisotopic (exact) mass is 560 g/mol. The van der Waals surface area contributed by atoms with E-state index in [0.717, 1.165) is 21.2 Å². The number of imidazole rings is 1. The van der Waals surface area contributed by atoms with Crippen LogP contribution in [-0.2, 0) is 24.9 Å². The summed E-state index contributed by atoms with van der Waals surface area (Å²) in [5, 5.41) is 3.72. The zero-order valence-electron chi connectivity index (χ0n) is 24.8. The Balaban J connectivity index is 1.75. The maximum atomic E-state index is 13.9. The fourth-order valence-electron chi connectivity index (χ4n) is 4.65. The van der Waals surface area contributed by atoms with E-state index >= 15 is 0 Å². The highest BCUT2D eigenvalue weighted by Gasteiger charge is 2.24. The average Bonchev–Trinajstić information content (AvgIpc) is 3.27. The van der Waals surface area contributed by atoms with E-state index < -0.39 is 22.9 Å². The molecule has 0 saturated heterocycles. The lowest BCUT2D eigenvalue weighted by atomic mass is 10.2. The van der Waals surface area contributed by atoms with Crippen LogP contribution in [0, 0.1) is 18.8 Å². The molecule has 12 nitrogen and oxygen atoms in total. The first-order valence-corrected chi connectivity index (χ1v) is 13.3. The molecule has 216 valence electrons. The van der Waals surface area contributed by atoms with E-state index in [4.69, 9.17) is 4.74 Å². The molecule has 3 aromatic heterocycles. The number of anilines is 1. The third kappa shape index (κ3) is 6.24. The van der Waals surface area contributed by atoms with Gasteiger partial charge in [0.25, 0.3) is 5.56 Å². The van der Waals surface area contributed by atoms with Gasteiger partial charge in [-0.1, -0.05) is 24.1 Å². The number of hydrogen-bond acceptors (Lipinski definition) is 8. The van der Waals surface area contributed by atoms with Gasteiger partial charge in [-0.25, -0.2) is 19.6 Å². The SMILES string of the molecule is CC#CCn1c(N(C)C[C@H](C)NC(=O)OC(C)(C)C)nc2c1c(=O)n(Cc1nc(C)c3ccccc3n1)c(=O)n2C. The van der Waals surface area contributed by atoms with Gasteiger partial charge in [-0.3, -0.25) is 18.5 Å². The number of fused-ring (bicyclic) bond motifs is 2. The van der Waals surface area contributed by atoms with Crippen molar-refractivity contribution in [1.29, 1.82) is 0 Å². The second kappa shape index (κ2) is 11.4. The van der Waals surface area contributed by atoms with Gasteiger partial charge in [0.2, 0.25) is 5.95 Å². The predicted molar refractivity (Wildman–Crippen MR) is 158 cm³/mol. The molecule has 41 heavy (non-hydrogen) atoms. The van der Waals surface area contributed by atoms with Gasteiger partial charge in [-0.05, 0) is 47.6 Å². The maximum Gasteiger partial charge on any atom is 0.407 e. The summed E-state index contributed by atoms with van der Waals surface area (Å²) in [4.78, 5) is 55.2. The number of benzene rings is 1. The third-order valence-corrected chi connectivity index (χ3v) is 6.42. The van der Waals surface area contributed by atoms with Crippen LogP contribution in [0.2, 0.25) is 0 Å². The molecule has 0 aliphatic carbocycles. The Morgan fingerprint density at radius 2 is 1.85 bits per heavy atom. The van der Waals surface area contributed by atoms with Gasteiger partial charge >= 0.3 is 11.8 Å². The lowest BCUT2D eigenvalue weighted by Gasteiger charge is -2.25. The van der Waals surface area contributed by atoms with Crippen LogP contribution in [0.1, 0.15) is 46.1 Å². The van der Waals surface area contributed by atoms with Crippen LogP contribution in [0.15, 0.2) is 33.9 Å². The molecule has 4 aromatic rings. The highest BCUT2D eigenvalue weighted by atomic mass is 16.6. The average molecular weight is 561 g/mol. The molecule has 1 N–H and O–H groups in total. The Kier molecular flexibility index (Phi) is 8.19. The van der Waals surface area contributed by atoms with Gasteiger partial charge in [0.15, 0.2) is 11.2 Å². The normalized spacial score (nSPS) is 12.2. The summed E-state index contributed by atoms with van der Waals surface area (Å²) in [7, 11) is 3.37. The topological polar surface area (TPSA) is 129 Å². The number of ether oxygens (including phenoxy) is 1. The van der Waals surface area contributed by atoms with Crippen LogP contribution < -0.4 is 21.5 Å². The molecule has 0 spiro atoms. The number of likely N-dealkylation sites (N-methyl/N-ethyl adjacent to an activating group) is 1. The fourth-order valence-corrected chi connectivity index (χ4v) is 4.65. The molecule has 0 radical (unpaired) electrons. The number of nitrogens with zero attached hydrogens (tertiary/aromatic N) is 7. The van der Waals surface area contributed by atoms with Crippen LogP contribution in [0.5, 0.6) is 0 Å². The number of aromatic nitrogens is 6. The first kappa shape index (κ1) is 29.3. The Morgan fingerprint density at radius 1 is 1.15 bits per heavy atom. The van der Waals surface area contributed by atoms with Crippen LogP contribution in [0.25, 0.3) is 22.1 Å². The number of para-hydroxylation sites is 1. The van der Waals surface area contributed by atoms with E-state index in [-0.39, 0.29) is 30.3 Å². The maximum absolute atomic E-state index is 13.9. The smallest absolute Gasteiger partial charge is 0.407 e. The van der Waals surface area contributed by atoms with E-state index in [1.807, 2.05) is 43.0 Å². The predicted octanol–water partition coefficient (Wildman–Crippen LogP) is 2.57. The van der Waals surface area contributed by atoms with Crippen LogP contribution in [-0.4, -0.2) is 60.0 Å². The van der Waals surface area contributed by atoms with Crippen LogP contribution >= 0.6 is 0 Å². The highest BCUT2D eigenvalue weighted by Crippen LogP contribution is 2.20. The van der Waals surface area contributed by atoms with E-state index in [9.17, 15) is 14.4 Å². The molecule has 3 heterocycles. The van der Waals surface area contributed by atoms with Crippen molar-refractivity contribution in [3.05, 3.63) is 56.6 Å². The molecule has 1 aromatic carbocycles. The van der Waals surface area contributed by atoms with Crippen molar-refractivity contribution in [2.75, 3.05) is 18.5 Å². The minimum atomic E-state index is -0.621. The summed E-state index contributed by atoms with van der Waals surface area (Å²) >= 11 is 0. The molecule has 0 aliphatic rings. The van der Waals surface area contributed by atoms with Crippen molar-refractivity contribution in [3.63, 3.8) is 0 Å². The number of rotatable bonds is 7. The number of hydrogen-bond donors (Lipinski definition) is 1. The molecule has 0 unspecified atom stereocenters. The molecule has 1 amide bonds. The second-order valence-electron chi connectivity index (χ2n) is 11.0. The zero-order chi connectivity index (χ0) is 30.1. The van der Waals surface area contributed by atoms with E-state index in [1.165, 1.54) is 4.57 Å². The van der Waals surface area contributed by atoms with Crippen molar-refractivity contribution < 1.29 is 9.53 Å². The van der Waals surface area contributed by atoms with Gasteiger partial charge in [-0.15, -0.1) is 5.92 Å². The molecule has 0 aliphatic heterocycles. The molecule has 0 saturated carbocycles. The quantitative estimate of drug-likeness (QED) is 0.342. The van der Waals surface area contributed by atoms with Crippen LogP contribution in [0.4, 0.5) is 10.7 Å². The summed E-state index contributed by atoms with van der Waals surface area (Å²) in [6.45, 7) is 11.3. The van der Waals surface area contributed by atoms with Crippen molar-refractivity contribution in [3.8, 4) is 11.8 Å². The lowest BCUT2D eigenvalue weighted by Crippen LogP contribution is -2.43. The number of alkyl carbamates (subject to hydrolysis) is 1. The fraction of sp³-hybridized carbons (Fsp3) is 0.448. The largest absolute Gasteiger partial charge is 0.444 e. The molecule has 12 heteroatoms. The van der Waals surface area contributed by atoms with Crippen molar-refractivity contribution in [2.24, 2.45) is 7.05 Å². The summed E-state index contributed by atoms with van der Waals surface area (Å²) in [5.74, 6) is 6.66. The van der Waals surface area contributed by atoms with E-state index in [2.05, 4.69) is 32.1 Å². The van der Waals surface area contributed by atoms with Crippen molar-refractivity contribution >= 4 is 34.1 Å². The molecule has 1 atom stereocenters. The Labute approximate surface area is 238 Å². The Hall–Kier alpha value is -4.66. The van der Waals surface area contributed by atoms with Crippen molar-refractivity contribution in [1.82, 2.24) is 34.0 Å². The first-order valence-electron chi connectivity index (χ1n) is 13.3.